The molecule has 0 aromatic carbocycles. The highest BCUT2D eigenvalue weighted by molar-refractivity contribution is 5.79. The summed E-state index contributed by atoms with van der Waals surface area (Å²) in [5.41, 5.74) is 0.463. The number of aliphatic hydroxyl groups excluding tert-OH is 1. The second-order valence-corrected chi connectivity index (χ2v) is 13.3. The second kappa shape index (κ2) is 10.6. The molecule has 4 aliphatic carbocycles. The van der Waals surface area contributed by atoms with Crippen molar-refractivity contribution >= 4 is 11.7 Å². The molecule has 194 valence electrons. The topological polar surface area (TPSA) is 57.6 Å². The molecule has 34 heavy (non-hydrogen) atoms. The summed E-state index contributed by atoms with van der Waals surface area (Å²) in [5.74, 6) is 4.26. The Balaban J connectivity index is 1.34. The highest BCUT2D eigenvalue weighted by Crippen LogP contribution is 2.67. The highest BCUT2D eigenvalue weighted by Gasteiger charge is 2.62. The Morgan fingerprint density at radius 1 is 0.941 bits per heavy atom. The largest absolute Gasteiger partial charge is 0.393 e. The zero-order valence-corrected chi connectivity index (χ0v) is 22.5. The lowest BCUT2D eigenvalue weighted by molar-refractivity contribution is -0.156. The molecule has 0 aromatic heterocycles. The molecule has 0 spiro atoms. The van der Waals surface area contributed by atoms with Crippen LogP contribution in [0.15, 0.2) is 0 Å². The fraction of sp³-hybridized carbons (Fsp3) is 0.933. The number of unbranched alkanes of at least 4 members (excludes halogenated alkanes) is 5. The molecule has 4 heteroatoms. The summed E-state index contributed by atoms with van der Waals surface area (Å²) < 4.78 is 0. The summed E-state index contributed by atoms with van der Waals surface area (Å²) in [6.07, 6.45) is 17.8. The van der Waals surface area contributed by atoms with Crippen LogP contribution in [0.5, 0.6) is 0 Å². The summed E-state index contributed by atoms with van der Waals surface area (Å²) >= 11 is 0. The van der Waals surface area contributed by atoms with Gasteiger partial charge < -0.3 is 10.0 Å². The molecule has 0 unspecified atom stereocenters. The van der Waals surface area contributed by atoms with E-state index < -0.39 is 0 Å². The fourth-order valence-electron chi connectivity index (χ4n) is 9.10. The fourth-order valence-corrected chi connectivity index (χ4v) is 9.10. The van der Waals surface area contributed by atoms with Gasteiger partial charge in [0.15, 0.2) is 0 Å². The molecule has 0 saturated heterocycles. The Hall–Kier alpha value is -0.900. The smallest absolute Gasteiger partial charge is 0.222 e. The average molecular weight is 474 g/mol. The van der Waals surface area contributed by atoms with Crippen LogP contribution in [0.2, 0.25) is 0 Å². The van der Waals surface area contributed by atoms with Crippen molar-refractivity contribution < 1.29 is 14.7 Å². The van der Waals surface area contributed by atoms with Gasteiger partial charge >= 0.3 is 0 Å². The standard InChI is InChI=1S/C30H51NO3/c1-29-17-15-23(32)20-22(29)19-21(11-9-7-5-6-8-10-12-27(34)31(3)4)28-24-13-14-26(33)30(24,2)18-16-25(28)29/h21-22,24-26,28,33H,5-20H2,1-4H3/t21-,22+,24+,25+,26+,28+,29+,30+/m1/s1. The minimum Gasteiger partial charge on any atom is -0.393 e. The Morgan fingerprint density at radius 3 is 2.35 bits per heavy atom. The zero-order chi connectivity index (χ0) is 24.5. The van der Waals surface area contributed by atoms with Crippen LogP contribution in [0.3, 0.4) is 0 Å². The van der Waals surface area contributed by atoms with Gasteiger partial charge in [0.25, 0.3) is 0 Å². The predicted octanol–water partition coefficient (Wildman–Crippen LogP) is 6.39. The van der Waals surface area contributed by atoms with Crippen molar-refractivity contribution in [3.63, 3.8) is 0 Å². The van der Waals surface area contributed by atoms with E-state index in [2.05, 4.69) is 13.8 Å². The van der Waals surface area contributed by atoms with Gasteiger partial charge in [0.2, 0.25) is 5.91 Å². The number of aliphatic hydroxyl groups is 1. The quantitative estimate of drug-likeness (QED) is 0.395. The third-order valence-corrected chi connectivity index (χ3v) is 11.3. The first-order valence-electron chi connectivity index (χ1n) is 14.6. The Labute approximate surface area is 208 Å². The summed E-state index contributed by atoms with van der Waals surface area (Å²) in [6, 6.07) is 0. The highest BCUT2D eigenvalue weighted by atomic mass is 16.3. The van der Waals surface area contributed by atoms with E-state index >= 15 is 0 Å². The van der Waals surface area contributed by atoms with Gasteiger partial charge in [-0.3, -0.25) is 9.59 Å². The molecule has 4 saturated carbocycles. The first kappa shape index (κ1) is 26.2. The first-order chi connectivity index (χ1) is 16.2. The average Bonchev–Trinajstić information content (AvgIpc) is 3.10. The van der Waals surface area contributed by atoms with Gasteiger partial charge in [-0.25, -0.2) is 0 Å². The van der Waals surface area contributed by atoms with Gasteiger partial charge in [-0.15, -0.1) is 0 Å². The van der Waals surface area contributed by atoms with Crippen molar-refractivity contribution in [3.8, 4) is 0 Å². The van der Waals surface area contributed by atoms with E-state index in [1.807, 2.05) is 14.1 Å². The van der Waals surface area contributed by atoms with E-state index in [1.54, 1.807) is 4.90 Å². The van der Waals surface area contributed by atoms with E-state index in [0.717, 1.165) is 56.3 Å². The lowest BCUT2D eigenvalue weighted by Crippen LogP contribution is -2.57. The lowest BCUT2D eigenvalue weighted by Gasteiger charge is -2.62. The maximum absolute atomic E-state index is 12.4. The number of carbonyl (C=O) groups excluding carboxylic acids is 2. The van der Waals surface area contributed by atoms with Crippen LogP contribution in [-0.2, 0) is 9.59 Å². The molecule has 0 bridgehead atoms. The van der Waals surface area contributed by atoms with Gasteiger partial charge in [-0.1, -0.05) is 52.4 Å². The Bertz CT molecular complexity index is 735. The SMILES string of the molecule is CN(C)C(=O)CCCCCCCC[C@@H]1C[C@H]2CC(=O)CC[C@]2(C)[C@H]2CC[C@]3(C)[C@@H](O)CC[C@H]3[C@H]12. The summed E-state index contributed by atoms with van der Waals surface area (Å²) in [5, 5.41) is 10.9. The van der Waals surface area contributed by atoms with E-state index in [1.165, 1.54) is 57.8 Å². The second-order valence-electron chi connectivity index (χ2n) is 13.3. The molecule has 8 atom stereocenters. The molecule has 4 fully saturated rings. The molecular weight excluding hydrogens is 422 g/mol. The van der Waals surface area contributed by atoms with Crippen molar-refractivity contribution in [2.75, 3.05) is 14.1 Å². The minimum absolute atomic E-state index is 0.114. The van der Waals surface area contributed by atoms with E-state index in [9.17, 15) is 14.7 Å². The number of ketones is 1. The van der Waals surface area contributed by atoms with Crippen molar-refractivity contribution in [1.82, 2.24) is 4.90 Å². The molecule has 0 aromatic rings. The van der Waals surface area contributed by atoms with Crippen molar-refractivity contribution in [1.29, 1.82) is 0 Å². The number of nitrogens with zero attached hydrogens (tertiary/aromatic N) is 1. The van der Waals surface area contributed by atoms with Crippen molar-refractivity contribution in [2.24, 2.45) is 40.4 Å². The number of fused-ring (bicyclic) bond motifs is 5. The molecule has 4 rings (SSSR count). The summed E-state index contributed by atoms with van der Waals surface area (Å²) in [7, 11) is 3.68. The van der Waals surface area contributed by atoms with Gasteiger partial charge in [0.1, 0.15) is 5.78 Å². The Morgan fingerprint density at radius 2 is 1.62 bits per heavy atom. The molecule has 0 heterocycles. The van der Waals surface area contributed by atoms with Crippen molar-refractivity contribution in [3.05, 3.63) is 0 Å². The van der Waals surface area contributed by atoms with Crippen LogP contribution >= 0.6 is 0 Å². The lowest BCUT2D eigenvalue weighted by atomic mass is 9.42. The minimum atomic E-state index is -0.114. The zero-order valence-electron chi connectivity index (χ0n) is 22.5. The van der Waals surface area contributed by atoms with E-state index in [4.69, 9.17) is 0 Å². The van der Waals surface area contributed by atoms with Gasteiger partial charge in [0, 0.05) is 33.4 Å². The molecule has 1 N–H and O–H groups in total. The predicted molar refractivity (Wildman–Crippen MR) is 137 cm³/mol. The molecule has 4 nitrogen and oxygen atoms in total. The van der Waals surface area contributed by atoms with Gasteiger partial charge in [-0.05, 0) is 85.4 Å². The molecule has 0 radical (unpaired) electrons. The van der Waals surface area contributed by atoms with Gasteiger partial charge in [0.05, 0.1) is 6.10 Å². The van der Waals surface area contributed by atoms with Crippen LogP contribution in [-0.4, -0.2) is 41.9 Å². The maximum Gasteiger partial charge on any atom is 0.222 e. The van der Waals surface area contributed by atoms with Crippen LogP contribution in [0.25, 0.3) is 0 Å². The normalized spacial score (nSPS) is 41.5. The van der Waals surface area contributed by atoms with Crippen LogP contribution in [0, 0.1) is 40.4 Å². The maximum atomic E-state index is 12.4. The number of rotatable bonds is 9. The van der Waals surface area contributed by atoms with Crippen LogP contribution in [0.4, 0.5) is 0 Å². The molecule has 1 amide bonds. The van der Waals surface area contributed by atoms with Gasteiger partial charge in [-0.2, -0.15) is 0 Å². The van der Waals surface area contributed by atoms with E-state index in [0.29, 0.717) is 29.5 Å². The van der Waals surface area contributed by atoms with Crippen LogP contribution in [0.1, 0.15) is 117 Å². The summed E-state index contributed by atoms with van der Waals surface area (Å²) in [6.45, 7) is 4.93. The molecular formula is C30H51NO3. The number of amides is 1. The molecule has 4 aliphatic rings. The number of hydrogen-bond acceptors (Lipinski definition) is 3. The third-order valence-electron chi connectivity index (χ3n) is 11.3. The monoisotopic (exact) mass is 473 g/mol. The molecule has 0 aliphatic heterocycles. The van der Waals surface area contributed by atoms with E-state index in [-0.39, 0.29) is 17.4 Å². The number of carbonyl (C=O) groups is 2. The van der Waals surface area contributed by atoms with Crippen LogP contribution < -0.4 is 0 Å². The third kappa shape index (κ3) is 5.00. The Kier molecular flexibility index (Phi) is 8.17. The first-order valence-corrected chi connectivity index (χ1v) is 14.6. The summed E-state index contributed by atoms with van der Waals surface area (Å²) in [4.78, 5) is 25.8. The number of hydrogen-bond donors (Lipinski definition) is 1. The number of Topliss-reactive ketones (excluding diaryl/α,β-unsaturated/α-hetero) is 1. The van der Waals surface area contributed by atoms with Crippen molar-refractivity contribution in [2.45, 2.75) is 123 Å².